The van der Waals surface area contributed by atoms with Crippen molar-refractivity contribution in [2.24, 2.45) is 17.3 Å². The van der Waals surface area contributed by atoms with E-state index in [9.17, 15) is 9.90 Å². The molecule has 0 heterocycles. The molecule has 0 radical (unpaired) electrons. The molecule has 0 bridgehead atoms. The van der Waals surface area contributed by atoms with Gasteiger partial charge in [-0.05, 0) is 82.1 Å². The monoisotopic (exact) mass is 312 g/mol. The van der Waals surface area contributed by atoms with Crippen LogP contribution in [-0.2, 0) is 4.79 Å². The maximum absolute atomic E-state index is 11.8. The molecule has 3 aliphatic carbocycles. The molecule has 3 aliphatic rings. The molecule has 23 heavy (non-hydrogen) atoms. The molecule has 1 N–H and O–H groups in total. The van der Waals surface area contributed by atoms with E-state index in [2.05, 4.69) is 30.9 Å². The van der Waals surface area contributed by atoms with Gasteiger partial charge >= 0.3 is 0 Å². The minimum absolute atomic E-state index is 0.221. The molecule has 0 spiro atoms. The highest BCUT2D eigenvalue weighted by Gasteiger charge is 2.54. The average molecular weight is 312 g/mol. The number of ketones is 1. The quantitative estimate of drug-likeness (QED) is 0.613. The van der Waals surface area contributed by atoms with Crippen LogP contribution in [0, 0.1) is 29.1 Å². The molecule has 2 fully saturated rings. The zero-order chi connectivity index (χ0) is 16.5. The smallest absolute Gasteiger partial charge is 0.155 e. The summed E-state index contributed by atoms with van der Waals surface area (Å²) in [5.74, 6) is 7.32. The molecule has 0 saturated heterocycles. The van der Waals surface area contributed by atoms with E-state index >= 15 is 0 Å². The van der Waals surface area contributed by atoms with Gasteiger partial charge in [0.15, 0.2) is 5.78 Å². The van der Waals surface area contributed by atoms with Crippen LogP contribution in [0.1, 0.15) is 65.2 Å². The van der Waals surface area contributed by atoms with E-state index in [-0.39, 0.29) is 5.41 Å². The van der Waals surface area contributed by atoms with E-state index in [0.29, 0.717) is 24.0 Å². The number of fused-ring (bicyclic) bond motifs is 3. The van der Waals surface area contributed by atoms with Gasteiger partial charge in [0.1, 0.15) is 5.60 Å². The Balaban J connectivity index is 1.95. The first kappa shape index (κ1) is 16.5. The Labute approximate surface area is 140 Å². The summed E-state index contributed by atoms with van der Waals surface area (Å²) in [4.78, 5) is 11.8. The third-order valence-corrected chi connectivity index (χ3v) is 6.44. The first-order valence-electron chi connectivity index (χ1n) is 9.04. The normalized spacial score (nSPS) is 40.0. The largest absolute Gasteiger partial charge is 0.378 e. The predicted octanol–water partition coefficient (Wildman–Crippen LogP) is 4.19. The van der Waals surface area contributed by atoms with Crippen molar-refractivity contribution in [2.75, 3.05) is 0 Å². The fraction of sp³-hybridized carbons (Fsp3) is 0.667. The Morgan fingerprint density at radius 3 is 2.91 bits per heavy atom. The third kappa shape index (κ3) is 2.92. The van der Waals surface area contributed by atoms with Gasteiger partial charge in [-0.25, -0.2) is 0 Å². The molecular formula is C21H28O2. The summed E-state index contributed by atoms with van der Waals surface area (Å²) in [7, 11) is 0. The Morgan fingerprint density at radius 2 is 2.17 bits per heavy atom. The van der Waals surface area contributed by atoms with E-state index in [1.165, 1.54) is 5.57 Å². The van der Waals surface area contributed by atoms with Gasteiger partial charge in [-0.3, -0.25) is 4.79 Å². The Hall–Kier alpha value is -1.33. The molecule has 2 heteroatoms. The lowest BCUT2D eigenvalue weighted by atomic mass is 9.48. The standard InChI is InChI=1S/C21H28O2/c1-3-5-11-21-13-12-20(23,10-4-2)15-17(21)7-6-16-14-18(22)8-9-19(16)21/h3,5,14,17,19,23H,6-9,11-13,15H2,1-2H3/b5-3+/t17-,19+,20+,21+/m0/s1. The lowest BCUT2D eigenvalue weighted by molar-refractivity contribution is -0.117. The molecule has 2 saturated carbocycles. The average Bonchev–Trinajstić information content (AvgIpc) is 2.53. The first-order valence-corrected chi connectivity index (χ1v) is 9.04. The van der Waals surface area contributed by atoms with Crippen LogP contribution >= 0.6 is 0 Å². The minimum Gasteiger partial charge on any atom is -0.378 e. The number of aliphatic hydroxyl groups is 1. The molecule has 0 unspecified atom stereocenters. The number of allylic oxidation sites excluding steroid dienone is 4. The van der Waals surface area contributed by atoms with Crippen molar-refractivity contribution in [2.45, 2.75) is 70.8 Å². The maximum atomic E-state index is 11.8. The Kier molecular flexibility index (Phi) is 4.52. The van der Waals surface area contributed by atoms with Crippen LogP contribution in [0.4, 0.5) is 0 Å². The zero-order valence-corrected chi connectivity index (χ0v) is 14.4. The van der Waals surface area contributed by atoms with Crippen molar-refractivity contribution in [3.8, 4) is 11.8 Å². The molecule has 0 amide bonds. The highest BCUT2D eigenvalue weighted by Crippen LogP contribution is 2.61. The van der Waals surface area contributed by atoms with Gasteiger partial charge < -0.3 is 5.11 Å². The van der Waals surface area contributed by atoms with Crippen LogP contribution in [0.25, 0.3) is 0 Å². The zero-order valence-electron chi connectivity index (χ0n) is 14.4. The minimum atomic E-state index is -0.801. The summed E-state index contributed by atoms with van der Waals surface area (Å²) in [6.07, 6.45) is 13.8. The number of carbonyl (C=O) groups excluding carboxylic acids is 1. The van der Waals surface area contributed by atoms with Crippen molar-refractivity contribution in [3.63, 3.8) is 0 Å². The highest BCUT2D eigenvalue weighted by atomic mass is 16.3. The molecule has 0 aromatic rings. The number of rotatable bonds is 2. The van der Waals surface area contributed by atoms with Crippen molar-refractivity contribution in [3.05, 3.63) is 23.8 Å². The highest BCUT2D eigenvalue weighted by molar-refractivity contribution is 5.91. The molecule has 4 atom stereocenters. The fourth-order valence-corrected chi connectivity index (χ4v) is 5.39. The van der Waals surface area contributed by atoms with E-state index in [1.54, 1.807) is 0 Å². The summed E-state index contributed by atoms with van der Waals surface area (Å²) in [5, 5.41) is 10.8. The summed E-state index contributed by atoms with van der Waals surface area (Å²) in [6.45, 7) is 3.89. The van der Waals surface area contributed by atoms with Crippen LogP contribution in [0.5, 0.6) is 0 Å². The molecule has 0 aromatic heterocycles. The van der Waals surface area contributed by atoms with Crippen LogP contribution < -0.4 is 0 Å². The van der Waals surface area contributed by atoms with Crippen molar-refractivity contribution >= 4 is 5.78 Å². The van der Waals surface area contributed by atoms with Gasteiger partial charge in [0.25, 0.3) is 0 Å². The van der Waals surface area contributed by atoms with Gasteiger partial charge in [-0.2, -0.15) is 0 Å². The molecule has 124 valence electrons. The second-order valence-electron chi connectivity index (χ2n) is 7.63. The van der Waals surface area contributed by atoms with Gasteiger partial charge in [0.2, 0.25) is 0 Å². The number of hydrogen-bond donors (Lipinski definition) is 1. The van der Waals surface area contributed by atoms with Gasteiger partial charge in [-0.15, -0.1) is 5.92 Å². The molecule has 0 aliphatic heterocycles. The summed E-state index contributed by atoms with van der Waals surface area (Å²) >= 11 is 0. The molecule has 3 rings (SSSR count). The second-order valence-corrected chi connectivity index (χ2v) is 7.63. The third-order valence-electron chi connectivity index (χ3n) is 6.44. The summed E-state index contributed by atoms with van der Waals surface area (Å²) in [5.41, 5.74) is 0.803. The lowest BCUT2D eigenvalue weighted by Gasteiger charge is -2.56. The lowest BCUT2D eigenvalue weighted by Crippen LogP contribution is -2.51. The SMILES string of the molecule is CC#C[C@@]1(O)CC[C@]2(C/C=C/C)[C@@H](CCC3=CC(=O)CC[C@H]32)C1. The van der Waals surface area contributed by atoms with E-state index in [1.807, 2.05) is 13.0 Å². The predicted molar refractivity (Wildman–Crippen MR) is 92.7 cm³/mol. The Bertz CT molecular complexity index is 603. The fourth-order valence-electron chi connectivity index (χ4n) is 5.39. The molecule has 2 nitrogen and oxygen atoms in total. The van der Waals surface area contributed by atoms with Crippen LogP contribution in [0.3, 0.4) is 0 Å². The topological polar surface area (TPSA) is 37.3 Å². The summed E-state index contributed by atoms with van der Waals surface area (Å²) < 4.78 is 0. The van der Waals surface area contributed by atoms with Crippen molar-refractivity contribution in [1.82, 2.24) is 0 Å². The van der Waals surface area contributed by atoms with Crippen LogP contribution in [-0.4, -0.2) is 16.5 Å². The van der Waals surface area contributed by atoms with Crippen molar-refractivity contribution < 1.29 is 9.90 Å². The van der Waals surface area contributed by atoms with E-state index in [4.69, 9.17) is 0 Å². The van der Waals surface area contributed by atoms with Gasteiger partial charge in [0, 0.05) is 6.42 Å². The van der Waals surface area contributed by atoms with Gasteiger partial charge in [0.05, 0.1) is 0 Å². The van der Waals surface area contributed by atoms with Crippen LogP contribution in [0.2, 0.25) is 0 Å². The van der Waals surface area contributed by atoms with E-state index in [0.717, 1.165) is 44.9 Å². The molecule has 0 aromatic carbocycles. The number of carbonyl (C=O) groups is 1. The second kappa shape index (κ2) is 6.29. The Morgan fingerprint density at radius 1 is 1.35 bits per heavy atom. The van der Waals surface area contributed by atoms with Crippen LogP contribution in [0.15, 0.2) is 23.8 Å². The van der Waals surface area contributed by atoms with Gasteiger partial charge in [-0.1, -0.05) is 23.6 Å². The summed E-state index contributed by atoms with van der Waals surface area (Å²) in [6, 6.07) is 0. The van der Waals surface area contributed by atoms with Crippen molar-refractivity contribution in [1.29, 1.82) is 0 Å². The van der Waals surface area contributed by atoms with E-state index < -0.39 is 5.60 Å². The number of hydrogen-bond acceptors (Lipinski definition) is 2. The maximum Gasteiger partial charge on any atom is 0.155 e. The first-order chi connectivity index (χ1) is 11.0. The molecular weight excluding hydrogens is 284 g/mol.